The molecule has 3 N–H and O–H groups in total. The summed E-state index contributed by atoms with van der Waals surface area (Å²) in [6, 6.07) is 8.55. The molecule has 0 aliphatic carbocycles. The molecular formula is C21H39IN4O. The molecule has 1 aromatic rings. The van der Waals surface area contributed by atoms with Crippen molar-refractivity contribution in [2.24, 2.45) is 4.99 Å². The first-order valence-corrected chi connectivity index (χ1v) is 9.89. The van der Waals surface area contributed by atoms with Gasteiger partial charge in [0.05, 0.1) is 12.1 Å². The van der Waals surface area contributed by atoms with Gasteiger partial charge in [-0.1, -0.05) is 51.0 Å². The first kappa shape index (κ1) is 26.1. The van der Waals surface area contributed by atoms with Gasteiger partial charge < -0.3 is 20.6 Å². The van der Waals surface area contributed by atoms with Crippen LogP contribution in [0.4, 0.5) is 0 Å². The second-order valence-electron chi connectivity index (χ2n) is 7.33. The number of nitrogens with one attached hydrogen (secondary N) is 2. The Morgan fingerprint density at radius 2 is 1.70 bits per heavy atom. The normalized spacial score (nSPS) is 12.0. The van der Waals surface area contributed by atoms with E-state index < -0.39 is 5.60 Å². The Labute approximate surface area is 183 Å². The second-order valence-corrected chi connectivity index (χ2v) is 7.33. The smallest absolute Gasteiger partial charge is 0.191 e. The van der Waals surface area contributed by atoms with Crippen LogP contribution in [0.1, 0.15) is 57.6 Å². The van der Waals surface area contributed by atoms with E-state index in [1.54, 1.807) is 0 Å². The number of guanidine groups is 1. The topological polar surface area (TPSA) is 59.9 Å². The zero-order valence-electron chi connectivity index (χ0n) is 17.7. The zero-order valence-corrected chi connectivity index (χ0v) is 20.0. The van der Waals surface area contributed by atoms with Gasteiger partial charge in [0, 0.05) is 19.6 Å². The van der Waals surface area contributed by atoms with Crippen LogP contribution in [0.3, 0.4) is 0 Å². The van der Waals surface area contributed by atoms with Crippen LogP contribution in [0.2, 0.25) is 0 Å². The van der Waals surface area contributed by atoms with Crippen LogP contribution in [0.15, 0.2) is 29.3 Å². The maximum absolute atomic E-state index is 10.8. The largest absolute Gasteiger partial charge is 0.388 e. The number of aliphatic imine (C=N–C) groups is 1. The molecule has 0 radical (unpaired) electrons. The minimum atomic E-state index is -0.661. The van der Waals surface area contributed by atoms with Crippen molar-refractivity contribution in [1.82, 2.24) is 15.5 Å². The lowest BCUT2D eigenvalue weighted by atomic mass is 9.93. The van der Waals surface area contributed by atoms with E-state index in [9.17, 15) is 5.11 Å². The van der Waals surface area contributed by atoms with Crippen molar-refractivity contribution < 1.29 is 5.11 Å². The fourth-order valence-corrected chi connectivity index (χ4v) is 3.18. The van der Waals surface area contributed by atoms with Gasteiger partial charge in [-0.05, 0) is 45.0 Å². The molecule has 0 fully saturated rings. The van der Waals surface area contributed by atoms with Crippen molar-refractivity contribution in [1.29, 1.82) is 0 Å². The Morgan fingerprint density at radius 1 is 1.07 bits per heavy atom. The lowest BCUT2D eigenvalue weighted by molar-refractivity contribution is 0.0257. The summed E-state index contributed by atoms with van der Waals surface area (Å²) in [6.07, 6.45) is 3.56. The molecule has 0 aliphatic rings. The average Bonchev–Trinajstić information content (AvgIpc) is 2.57. The molecule has 5 nitrogen and oxygen atoms in total. The maximum atomic E-state index is 10.8. The Bertz CT molecular complexity index is 543. The van der Waals surface area contributed by atoms with Gasteiger partial charge in [-0.2, -0.15) is 0 Å². The first-order valence-electron chi connectivity index (χ1n) is 9.89. The number of nitrogens with zero attached hydrogens (tertiary/aromatic N) is 2. The van der Waals surface area contributed by atoms with Crippen molar-refractivity contribution in [3.8, 4) is 0 Å². The predicted molar refractivity (Wildman–Crippen MR) is 127 cm³/mol. The fraction of sp³-hybridized carbons (Fsp3) is 0.667. The molecule has 156 valence electrons. The third-order valence-electron chi connectivity index (χ3n) is 4.27. The lowest BCUT2D eigenvalue weighted by Crippen LogP contribution is -2.47. The minimum absolute atomic E-state index is 0. The van der Waals surface area contributed by atoms with Gasteiger partial charge >= 0.3 is 0 Å². The van der Waals surface area contributed by atoms with Gasteiger partial charge in [-0.15, -0.1) is 24.0 Å². The van der Waals surface area contributed by atoms with Crippen LogP contribution in [0.5, 0.6) is 0 Å². The third-order valence-corrected chi connectivity index (χ3v) is 4.27. The third kappa shape index (κ3) is 10.9. The number of benzene rings is 1. The molecule has 0 amide bonds. The van der Waals surface area contributed by atoms with Crippen LogP contribution >= 0.6 is 24.0 Å². The van der Waals surface area contributed by atoms with Crippen molar-refractivity contribution in [3.05, 3.63) is 35.4 Å². The van der Waals surface area contributed by atoms with E-state index in [4.69, 9.17) is 4.99 Å². The highest BCUT2D eigenvalue weighted by Gasteiger charge is 2.24. The zero-order chi connectivity index (χ0) is 19.4. The summed E-state index contributed by atoms with van der Waals surface area (Å²) in [5.74, 6) is 0.760. The number of hydrogen-bond donors (Lipinski definition) is 3. The Kier molecular flexibility index (Phi) is 13.7. The molecule has 1 aromatic carbocycles. The molecule has 6 heteroatoms. The Morgan fingerprint density at radius 3 is 2.26 bits per heavy atom. The fourth-order valence-electron chi connectivity index (χ4n) is 3.18. The van der Waals surface area contributed by atoms with Gasteiger partial charge in [0.25, 0.3) is 0 Å². The molecule has 0 unspecified atom stereocenters. The molecule has 0 bridgehead atoms. The average molecular weight is 490 g/mol. The summed E-state index contributed by atoms with van der Waals surface area (Å²) in [4.78, 5) is 6.86. The van der Waals surface area contributed by atoms with Crippen LogP contribution in [0, 0.1) is 0 Å². The van der Waals surface area contributed by atoms with Crippen molar-refractivity contribution in [2.45, 2.75) is 65.1 Å². The van der Waals surface area contributed by atoms with Crippen molar-refractivity contribution >= 4 is 29.9 Å². The van der Waals surface area contributed by atoms with Gasteiger partial charge in [0.1, 0.15) is 0 Å². The maximum Gasteiger partial charge on any atom is 0.191 e. The van der Waals surface area contributed by atoms with Crippen molar-refractivity contribution in [3.63, 3.8) is 0 Å². The Balaban J connectivity index is 0.00000676. The van der Waals surface area contributed by atoms with Crippen LogP contribution in [-0.4, -0.2) is 48.8 Å². The van der Waals surface area contributed by atoms with E-state index in [1.807, 2.05) is 0 Å². The molecule has 0 atom stereocenters. The molecule has 0 saturated heterocycles. The van der Waals surface area contributed by atoms with E-state index in [0.717, 1.165) is 44.7 Å². The molecule has 0 aliphatic heterocycles. The summed E-state index contributed by atoms with van der Waals surface area (Å²) in [6.45, 7) is 9.15. The molecule has 0 aromatic heterocycles. The highest BCUT2D eigenvalue weighted by Crippen LogP contribution is 2.18. The van der Waals surface area contributed by atoms with Gasteiger partial charge in [0.2, 0.25) is 0 Å². The van der Waals surface area contributed by atoms with E-state index in [1.165, 1.54) is 11.1 Å². The highest BCUT2D eigenvalue weighted by atomic mass is 127. The standard InChI is InChI=1S/C21H38N4O.HI/c1-6-12-21(26,13-7-2)17-24-20(22-8-3)23-15-18-10-9-11-19(14-18)16-25(4)5;/h9-11,14,26H,6-8,12-13,15-17H2,1-5H3,(H2,22,23,24);1H. The molecule has 0 spiro atoms. The number of halogens is 1. The molecule has 1 rings (SSSR count). The summed E-state index contributed by atoms with van der Waals surface area (Å²) in [7, 11) is 4.15. The Hall–Kier alpha value is -0.860. The summed E-state index contributed by atoms with van der Waals surface area (Å²) < 4.78 is 0. The van der Waals surface area contributed by atoms with E-state index in [-0.39, 0.29) is 24.0 Å². The highest BCUT2D eigenvalue weighted by molar-refractivity contribution is 14.0. The number of aliphatic hydroxyl groups is 1. The van der Waals surface area contributed by atoms with Gasteiger partial charge in [-0.3, -0.25) is 0 Å². The first-order chi connectivity index (χ1) is 12.4. The number of hydrogen-bond acceptors (Lipinski definition) is 3. The molecule has 0 saturated carbocycles. The summed E-state index contributed by atoms with van der Waals surface area (Å²) >= 11 is 0. The van der Waals surface area contributed by atoms with E-state index in [2.05, 4.69) is 74.7 Å². The second kappa shape index (κ2) is 14.2. The molecule has 27 heavy (non-hydrogen) atoms. The van der Waals surface area contributed by atoms with Crippen molar-refractivity contribution in [2.75, 3.05) is 27.2 Å². The SMILES string of the molecule is CCCC(O)(CCC)CNC(=NCc1cccc(CN(C)C)c1)NCC.I. The number of rotatable bonds is 11. The van der Waals surface area contributed by atoms with Gasteiger partial charge in [0.15, 0.2) is 5.96 Å². The quantitative estimate of drug-likeness (QED) is 0.251. The minimum Gasteiger partial charge on any atom is -0.388 e. The van der Waals surface area contributed by atoms with Crippen LogP contribution in [0.25, 0.3) is 0 Å². The van der Waals surface area contributed by atoms with Crippen LogP contribution in [-0.2, 0) is 13.1 Å². The summed E-state index contributed by atoms with van der Waals surface area (Å²) in [5.41, 5.74) is 1.82. The lowest BCUT2D eigenvalue weighted by Gasteiger charge is -2.28. The monoisotopic (exact) mass is 490 g/mol. The van der Waals surface area contributed by atoms with Gasteiger partial charge in [-0.25, -0.2) is 4.99 Å². The summed E-state index contributed by atoms with van der Waals surface area (Å²) in [5, 5.41) is 17.4. The van der Waals surface area contributed by atoms with E-state index >= 15 is 0 Å². The molecular weight excluding hydrogens is 451 g/mol. The molecule has 0 heterocycles. The van der Waals surface area contributed by atoms with E-state index in [0.29, 0.717) is 13.1 Å². The van der Waals surface area contributed by atoms with Crippen LogP contribution < -0.4 is 10.6 Å². The predicted octanol–water partition coefficient (Wildman–Crippen LogP) is 3.75.